The summed E-state index contributed by atoms with van der Waals surface area (Å²) in [5.41, 5.74) is 0.672. The van der Waals surface area contributed by atoms with Gasteiger partial charge in [-0.1, -0.05) is 178 Å². The summed E-state index contributed by atoms with van der Waals surface area (Å²) in [5, 5.41) is 0. The molecule has 0 aromatic rings. The summed E-state index contributed by atoms with van der Waals surface area (Å²) in [6, 6.07) is 0. The first-order valence-electron chi connectivity index (χ1n) is 20.5. The molecule has 1 heterocycles. The molecule has 0 atom stereocenters. The van der Waals surface area contributed by atoms with E-state index in [2.05, 4.69) is 74.4 Å². The van der Waals surface area contributed by atoms with Crippen LogP contribution in [0.25, 0.3) is 0 Å². The maximum Gasteiger partial charge on any atom is 0.00474 e. The summed E-state index contributed by atoms with van der Waals surface area (Å²) >= 11 is 0. The Morgan fingerprint density at radius 2 is 0.667 bits per heavy atom. The van der Waals surface area contributed by atoms with E-state index in [1.165, 1.54) is 193 Å². The molecule has 0 unspecified atom stereocenters. The minimum Gasteiger partial charge on any atom is -0.305 e. The third kappa shape index (κ3) is 27.7. The monoisotopic (exact) mass is 624 g/mol. The molecule has 1 rings (SSSR count). The highest BCUT2D eigenvalue weighted by molar-refractivity contribution is 4.94. The number of hydrogen-bond donors (Lipinski definition) is 0. The highest BCUT2D eigenvalue weighted by atomic mass is 15.2. The molecule has 45 heavy (non-hydrogen) atoms. The second-order valence-corrected chi connectivity index (χ2v) is 14.8. The molecule has 0 N–H and O–H groups in total. The van der Waals surface area contributed by atoms with Crippen LogP contribution < -0.4 is 0 Å². The molecule has 0 amide bonds. The zero-order valence-corrected chi connectivity index (χ0v) is 31.2. The number of rotatable bonds is 34. The Morgan fingerprint density at radius 1 is 0.378 bits per heavy atom. The Morgan fingerprint density at radius 3 is 0.978 bits per heavy atom. The second kappa shape index (κ2) is 32.8. The molecular weight excluding hydrogens is 542 g/mol. The number of nitrogens with zero attached hydrogens (tertiary/aromatic N) is 1. The molecule has 1 saturated heterocycles. The number of unbranched alkanes of at least 4 members (excludes halogenated alkanes) is 22. The van der Waals surface area contributed by atoms with Gasteiger partial charge in [0.25, 0.3) is 0 Å². The van der Waals surface area contributed by atoms with E-state index < -0.39 is 0 Å². The van der Waals surface area contributed by atoms with E-state index in [1.807, 2.05) is 0 Å². The van der Waals surface area contributed by atoms with Crippen LogP contribution in [0.2, 0.25) is 0 Å². The summed E-state index contributed by atoms with van der Waals surface area (Å²) in [6.45, 7) is 7.27. The highest BCUT2D eigenvalue weighted by Crippen LogP contribution is 2.40. The van der Waals surface area contributed by atoms with E-state index in [9.17, 15) is 0 Å². The second-order valence-electron chi connectivity index (χ2n) is 14.8. The van der Waals surface area contributed by atoms with Crippen LogP contribution in [0.5, 0.6) is 0 Å². The molecule has 1 aliphatic heterocycles. The molecule has 1 fully saturated rings. The average molecular weight is 624 g/mol. The SMILES string of the molecule is CCCCCC=CCC=CCCCCCCCCCCC1(CCCCCCCCCCC=CCC=CCCCCC)CN(C)C1. The van der Waals surface area contributed by atoms with Crippen LogP contribution in [-0.2, 0) is 0 Å². The standard InChI is InChI=1S/C44H81N/c1-4-6-8-10-12-14-16-18-20-22-24-26-28-30-32-34-36-38-40-44(42-45(3)43-44)41-39-37-35-33-31-29-27-25-23-21-19-17-15-13-11-9-7-5-2/h12-15,18-21H,4-11,16-17,22-43H2,1-3H3. The van der Waals surface area contributed by atoms with E-state index in [4.69, 9.17) is 0 Å². The lowest BCUT2D eigenvalue weighted by atomic mass is 9.72. The van der Waals surface area contributed by atoms with E-state index >= 15 is 0 Å². The Kier molecular flexibility index (Phi) is 30.6. The van der Waals surface area contributed by atoms with E-state index in [0.717, 1.165) is 12.8 Å². The van der Waals surface area contributed by atoms with Crippen molar-refractivity contribution in [2.45, 2.75) is 206 Å². The van der Waals surface area contributed by atoms with Crippen LogP contribution in [0.3, 0.4) is 0 Å². The first-order chi connectivity index (χ1) is 22.2. The Bertz CT molecular complexity index is 652. The van der Waals surface area contributed by atoms with Gasteiger partial charge in [0.2, 0.25) is 0 Å². The van der Waals surface area contributed by atoms with Crippen LogP contribution in [0.4, 0.5) is 0 Å². The quantitative estimate of drug-likeness (QED) is 0.0509. The van der Waals surface area contributed by atoms with Gasteiger partial charge in [-0.05, 0) is 89.5 Å². The van der Waals surface area contributed by atoms with Gasteiger partial charge in [0.15, 0.2) is 0 Å². The Balaban J connectivity index is 1.89. The zero-order chi connectivity index (χ0) is 32.4. The molecule has 1 aliphatic rings. The number of hydrogen-bond acceptors (Lipinski definition) is 1. The molecular formula is C44H81N. The Hall–Kier alpha value is -1.08. The van der Waals surface area contributed by atoms with E-state index in [0.29, 0.717) is 5.41 Å². The summed E-state index contributed by atoms with van der Waals surface area (Å²) in [7, 11) is 2.32. The van der Waals surface area contributed by atoms with Crippen molar-refractivity contribution in [3.8, 4) is 0 Å². The van der Waals surface area contributed by atoms with Gasteiger partial charge in [0.05, 0.1) is 0 Å². The number of likely N-dealkylation sites (tertiary alicyclic amines) is 1. The van der Waals surface area contributed by atoms with Gasteiger partial charge in [-0.2, -0.15) is 0 Å². The summed E-state index contributed by atoms with van der Waals surface area (Å²) in [5.74, 6) is 0. The molecule has 0 spiro atoms. The van der Waals surface area contributed by atoms with Crippen molar-refractivity contribution in [1.82, 2.24) is 4.90 Å². The summed E-state index contributed by atoms with van der Waals surface area (Å²) < 4.78 is 0. The normalized spacial score (nSPS) is 15.4. The van der Waals surface area contributed by atoms with Gasteiger partial charge in [-0.25, -0.2) is 0 Å². The van der Waals surface area contributed by atoms with Crippen LogP contribution in [-0.4, -0.2) is 25.0 Å². The van der Waals surface area contributed by atoms with Crippen LogP contribution in [0.1, 0.15) is 206 Å². The van der Waals surface area contributed by atoms with Gasteiger partial charge in [-0.3, -0.25) is 0 Å². The topological polar surface area (TPSA) is 3.24 Å². The first kappa shape index (κ1) is 41.9. The predicted octanol–water partition coefficient (Wildman–Crippen LogP) is 14.9. The van der Waals surface area contributed by atoms with E-state index in [-0.39, 0.29) is 0 Å². The summed E-state index contributed by atoms with van der Waals surface area (Å²) in [6.07, 6.45) is 60.4. The predicted molar refractivity (Wildman–Crippen MR) is 206 cm³/mol. The molecule has 0 aromatic carbocycles. The van der Waals surface area contributed by atoms with Crippen molar-refractivity contribution in [2.24, 2.45) is 5.41 Å². The van der Waals surface area contributed by atoms with Crippen molar-refractivity contribution in [2.75, 3.05) is 20.1 Å². The van der Waals surface area contributed by atoms with E-state index in [1.54, 1.807) is 0 Å². The molecule has 0 radical (unpaired) electrons. The fourth-order valence-corrected chi connectivity index (χ4v) is 7.22. The minimum atomic E-state index is 0.672. The molecule has 1 heteroatoms. The maximum absolute atomic E-state index is 2.56. The molecule has 0 bridgehead atoms. The van der Waals surface area contributed by atoms with Crippen molar-refractivity contribution < 1.29 is 0 Å². The fraction of sp³-hybridized carbons (Fsp3) is 0.818. The lowest BCUT2D eigenvalue weighted by Crippen LogP contribution is -2.54. The van der Waals surface area contributed by atoms with Gasteiger partial charge >= 0.3 is 0 Å². The third-order valence-electron chi connectivity index (χ3n) is 10.0. The average Bonchev–Trinajstić information content (AvgIpc) is 3.02. The van der Waals surface area contributed by atoms with Crippen LogP contribution in [0.15, 0.2) is 48.6 Å². The van der Waals surface area contributed by atoms with Crippen molar-refractivity contribution >= 4 is 0 Å². The molecule has 0 aromatic heterocycles. The van der Waals surface area contributed by atoms with Crippen LogP contribution in [0, 0.1) is 5.41 Å². The molecule has 0 saturated carbocycles. The Labute approximate surface area is 284 Å². The number of allylic oxidation sites excluding steroid dienone is 8. The van der Waals surface area contributed by atoms with Crippen molar-refractivity contribution in [3.63, 3.8) is 0 Å². The van der Waals surface area contributed by atoms with Gasteiger partial charge < -0.3 is 4.90 Å². The van der Waals surface area contributed by atoms with Gasteiger partial charge in [0, 0.05) is 13.1 Å². The molecule has 1 nitrogen and oxygen atoms in total. The lowest BCUT2D eigenvalue weighted by molar-refractivity contribution is 0.00256. The maximum atomic E-state index is 2.56. The lowest BCUT2D eigenvalue weighted by Gasteiger charge is -2.49. The molecule has 262 valence electrons. The highest BCUT2D eigenvalue weighted by Gasteiger charge is 2.39. The van der Waals surface area contributed by atoms with Gasteiger partial charge in [0.1, 0.15) is 0 Å². The molecule has 0 aliphatic carbocycles. The fourth-order valence-electron chi connectivity index (χ4n) is 7.22. The van der Waals surface area contributed by atoms with Gasteiger partial charge in [-0.15, -0.1) is 0 Å². The first-order valence-corrected chi connectivity index (χ1v) is 20.5. The summed E-state index contributed by atoms with van der Waals surface area (Å²) in [4.78, 5) is 2.56. The van der Waals surface area contributed by atoms with Crippen LogP contribution >= 0.6 is 0 Å². The zero-order valence-electron chi connectivity index (χ0n) is 31.2. The minimum absolute atomic E-state index is 0.672. The largest absolute Gasteiger partial charge is 0.305 e. The smallest absolute Gasteiger partial charge is 0.00474 e. The van der Waals surface area contributed by atoms with Crippen molar-refractivity contribution in [1.29, 1.82) is 0 Å². The van der Waals surface area contributed by atoms with Crippen molar-refractivity contribution in [3.05, 3.63) is 48.6 Å². The third-order valence-corrected chi connectivity index (χ3v) is 10.0.